The topological polar surface area (TPSA) is 113 Å². The molecule has 11 nitrogen and oxygen atoms in total. The number of amides is 2. The predicted molar refractivity (Wildman–Crippen MR) is 180 cm³/mol. The van der Waals surface area contributed by atoms with Gasteiger partial charge in [0.05, 0.1) is 30.1 Å². The lowest BCUT2D eigenvalue weighted by Crippen LogP contribution is -2.52. The Balaban J connectivity index is 1.31. The summed E-state index contributed by atoms with van der Waals surface area (Å²) in [5, 5.41) is 3.75. The quantitative estimate of drug-likeness (QED) is 0.381. The minimum atomic E-state index is -3.36. The molecule has 1 aromatic heterocycles. The van der Waals surface area contributed by atoms with Crippen LogP contribution in [0.3, 0.4) is 0 Å². The van der Waals surface area contributed by atoms with Crippen LogP contribution in [0.2, 0.25) is 0 Å². The number of hydrogen-bond acceptors (Lipinski definition) is 8. The highest BCUT2D eigenvalue weighted by molar-refractivity contribution is 7.89. The van der Waals surface area contributed by atoms with Gasteiger partial charge in [0, 0.05) is 63.0 Å². The van der Waals surface area contributed by atoms with Crippen molar-refractivity contribution in [2.24, 2.45) is 7.05 Å². The van der Waals surface area contributed by atoms with Crippen molar-refractivity contribution in [2.45, 2.75) is 57.4 Å². The van der Waals surface area contributed by atoms with Gasteiger partial charge in [-0.15, -0.1) is 0 Å². The number of nitrogens with zero attached hydrogens (tertiary/aromatic N) is 4. The zero-order valence-corrected chi connectivity index (χ0v) is 28.9. The summed E-state index contributed by atoms with van der Waals surface area (Å²) in [6.45, 7) is 10.8. The van der Waals surface area contributed by atoms with Gasteiger partial charge < -0.3 is 18.9 Å². The van der Waals surface area contributed by atoms with Gasteiger partial charge in [0.1, 0.15) is 5.75 Å². The number of rotatable bonds is 8. The van der Waals surface area contributed by atoms with Crippen molar-refractivity contribution < 1.29 is 27.5 Å². The number of likely N-dealkylation sites (tertiary alicyclic amines) is 1. The van der Waals surface area contributed by atoms with E-state index in [4.69, 9.17) is 9.47 Å². The molecule has 0 unspecified atom stereocenters. The van der Waals surface area contributed by atoms with E-state index in [-0.39, 0.29) is 28.9 Å². The van der Waals surface area contributed by atoms with E-state index in [1.54, 1.807) is 6.07 Å². The molecule has 2 aromatic carbocycles. The van der Waals surface area contributed by atoms with Gasteiger partial charge >= 0.3 is 6.09 Å². The molecule has 3 aromatic rings. The molecule has 0 spiro atoms. The summed E-state index contributed by atoms with van der Waals surface area (Å²) in [6, 6.07) is 11.5. The molecule has 5 rings (SSSR count). The molecular weight excluding hydrogens is 606 g/mol. The fourth-order valence-corrected chi connectivity index (χ4v) is 7.36. The molecule has 0 bridgehead atoms. The van der Waals surface area contributed by atoms with E-state index in [0.717, 1.165) is 54.5 Å². The third-order valence-electron chi connectivity index (χ3n) is 9.07. The lowest BCUT2D eigenvalue weighted by atomic mass is 9.85. The van der Waals surface area contributed by atoms with Crippen LogP contribution in [0.1, 0.15) is 50.3 Å². The zero-order valence-electron chi connectivity index (χ0n) is 28.1. The number of anilines is 1. The first-order valence-electron chi connectivity index (χ1n) is 15.8. The summed E-state index contributed by atoms with van der Waals surface area (Å²) < 4.78 is 37.7. The molecule has 46 heavy (non-hydrogen) atoms. The Morgan fingerprint density at radius 2 is 1.72 bits per heavy atom. The largest absolute Gasteiger partial charge is 0.494 e. The number of benzene rings is 2. The average molecular weight is 654 g/mol. The Hall–Kier alpha value is -3.61. The molecule has 0 aliphatic carbocycles. The summed E-state index contributed by atoms with van der Waals surface area (Å²) in [6.07, 6.45) is 2.47. The van der Waals surface area contributed by atoms with Gasteiger partial charge in [-0.3, -0.25) is 19.9 Å². The van der Waals surface area contributed by atoms with Crippen LogP contribution in [0.4, 0.5) is 10.5 Å². The van der Waals surface area contributed by atoms with Crippen molar-refractivity contribution in [3.8, 4) is 11.6 Å². The minimum absolute atomic E-state index is 0.0114. The molecule has 3 heterocycles. The number of sulfone groups is 1. The van der Waals surface area contributed by atoms with Crippen LogP contribution in [0.25, 0.3) is 10.9 Å². The maximum Gasteiger partial charge on any atom is 0.418 e. The van der Waals surface area contributed by atoms with Crippen LogP contribution >= 0.6 is 0 Å². The molecule has 2 saturated heterocycles. The summed E-state index contributed by atoms with van der Waals surface area (Å²) in [4.78, 5) is 32.9. The molecule has 2 fully saturated rings. The first-order valence-corrected chi connectivity index (χ1v) is 17.9. The summed E-state index contributed by atoms with van der Waals surface area (Å²) in [5.41, 5.74) is 3.44. The van der Waals surface area contributed by atoms with E-state index < -0.39 is 15.9 Å². The van der Waals surface area contributed by atoms with E-state index in [0.29, 0.717) is 36.8 Å². The monoisotopic (exact) mass is 653 g/mol. The molecule has 2 aliphatic rings. The van der Waals surface area contributed by atoms with Gasteiger partial charge in [-0.05, 0) is 49.0 Å². The highest BCUT2D eigenvalue weighted by Gasteiger charge is 2.33. The van der Waals surface area contributed by atoms with Crippen LogP contribution in [0.15, 0.2) is 36.4 Å². The molecule has 2 amide bonds. The van der Waals surface area contributed by atoms with Crippen LogP contribution in [-0.4, -0.2) is 98.9 Å². The number of nitrogens with one attached hydrogen (secondary N) is 1. The van der Waals surface area contributed by atoms with Crippen LogP contribution in [0, 0.1) is 0 Å². The second-order valence-corrected chi connectivity index (χ2v) is 15.8. The zero-order chi connectivity index (χ0) is 33.4. The highest BCUT2D eigenvalue weighted by atomic mass is 32.2. The van der Waals surface area contributed by atoms with Gasteiger partial charge in [-0.25, -0.2) is 13.2 Å². The van der Waals surface area contributed by atoms with Crippen molar-refractivity contribution in [3.05, 3.63) is 53.1 Å². The Morgan fingerprint density at radius 3 is 2.33 bits per heavy atom. The smallest absolute Gasteiger partial charge is 0.418 e. The fourth-order valence-electron chi connectivity index (χ4n) is 6.58. The number of fused-ring (bicyclic) bond motifs is 1. The van der Waals surface area contributed by atoms with E-state index >= 15 is 0 Å². The van der Waals surface area contributed by atoms with Crippen LogP contribution in [-0.2, 0) is 39.4 Å². The maximum absolute atomic E-state index is 13.3. The SMILES string of the molecule is COc1c(CS(C)(=O)=O)cc(C(C)(C)C)cc1NC(=O)Oc1cc2cccc(CN3CCN(C(=O)[C@@H]4CCCN4C)CC3)c2n1C. The number of aromatic nitrogens is 1. The number of likely N-dealkylation sites (N-methyl/N-ethyl adjacent to an activating group) is 1. The maximum atomic E-state index is 13.3. The van der Waals surface area contributed by atoms with Crippen molar-refractivity contribution in [1.82, 2.24) is 19.3 Å². The lowest BCUT2D eigenvalue weighted by molar-refractivity contribution is -0.137. The number of ether oxygens (including phenoxy) is 2. The fraction of sp³-hybridized carbons (Fsp3) is 0.529. The number of methoxy groups -OCH3 is 1. The van der Waals surface area contributed by atoms with E-state index in [9.17, 15) is 18.0 Å². The van der Waals surface area contributed by atoms with Gasteiger partial charge in [-0.2, -0.15) is 0 Å². The number of para-hydroxylation sites is 1. The van der Waals surface area contributed by atoms with Crippen LogP contribution in [0.5, 0.6) is 11.6 Å². The molecule has 1 atom stereocenters. The summed E-state index contributed by atoms with van der Waals surface area (Å²) in [5.74, 6) is 0.683. The van der Waals surface area contributed by atoms with Crippen molar-refractivity contribution >= 4 is 38.4 Å². The number of hydrogen-bond donors (Lipinski definition) is 1. The summed E-state index contributed by atoms with van der Waals surface area (Å²) >= 11 is 0. The van der Waals surface area contributed by atoms with Gasteiger partial charge in [-0.1, -0.05) is 45.0 Å². The predicted octanol–water partition coefficient (Wildman–Crippen LogP) is 4.38. The van der Waals surface area contributed by atoms with E-state index in [1.165, 1.54) is 13.4 Å². The van der Waals surface area contributed by atoms with E-state index in [2.05, 4.69) is 21.2 Å². The molecule has 1 N–H and O–H groups in total. The Bertz CT molecular complexity index is 1720. The second kappa shape index (κ2) is 13.2. The van der Waals surface area contributed by atoms with Crippen molar-refractivity contribution in [2.75, 3.05) is 58.5 Å². The first kappa shape index (κ1) is 33.7. The Morgan fingerprint density at radius 1 is 1.00 bits per heavy atom. The van der Waals surface area contributed by atoms with Gasteiger partial charge in [0.2, 0.25) is 11.8 Å². The second-order valence-electron chi connectivity index (χ2n) is 13.7. The summed E-state index contributed by atoms with van der Waals surface area (Å²) in [7, 11) is 1.99. The lowest BCUT2D eigenvalue weighted by Gasteiger charge is -2.37. The average Bonchev–Trinajstić information content (AvgIpc) is 3.54. The van der Waals surface area contributed by atoms with Crippen molar-refractivity contribution in [1.29, 1.82) is 0 Å². The third kappa shape index (κ3) is 7.50. The van der Waals surface area contributed by atoms with Gasteiger partial charge in [0.25, 0.3) is 0 Å². The molecular formula is C34H47N5O6S. The molecule has 2 aliphatic heterocycles. The minimum Gasteiger partial charge on any atom is -0.494 e. The third-order valence-corrected chi connectivity index (χ3v) is 9.90. The number of carbonyl (C=O) groups excluding carboxylic acids is 2. The standard InChI is InChI=1S/C34H47N5O6S/c1-34(2,3)26-18-25(22-46(7,42)43)31(44-6)27(20-26)35-33(41)45-29-19-23-10-8-11-24(30(23)37(29)5)21-38-14-16-39(17-15-38)32(40)28-12-9-13-36(28)4/h8,10-11,18-20,28H,9,12-17,21-22H2,1-7H3,(H,35,41)/t28-/m0/s1. The first-order chi connectivity index (χ1) is 21.6. The van der Waals surface area contributed by atoms with E-state index in [1.807, 2.05) is 68.6 Å². The molecule has 0 radical (unpaired) electrons. The molecule has 250 valence electrons. The number of carbonyl (C=O) groups is 2. The van der Waals surface area contributed by atoms with Crippen LogP contribution < -0.4 is 14.8 Å². The molecule has 12 heteroatoms. The number of piperazine rings is 1. The number of aryl methyl sites for hydroxylation is 1. The Labute approximate surface area is 272 Å². The normalized spacial score (nSPS) is 18.2. The van der Waals surface area contributed by atoms with Gasteiger partial charge in [0.15, 0.2) is 9.84 Å². The van der Waals surface area contributed by atoms with Crippen molar-refractivity contribution in [3.63, 3.8) is 0 Å². The molecule has 0 saturated carbocycles. The highest BCUT2D eigenvalue weighted by Crippen LogP contribution is 2.37. The Kier molecular flexibility index (Phi) is 9.72.